The third-order valence-electron chi connectivity index (χ3n) is 3.60. The van der Waals surface area contributed by atoms with Gasteiger partial charge in [0, 0.05) is 17.8 Å². The van der Waals surface area contributed by atoms with Gasteiger partial charge in [0.2, 0.25) is 11.9 Å². The van der Waals surface area contributed by atoms with Gasteiger partial charge in [-0.1, -0.05) is 29.8 Å². The van der Waals surface area contributed by atoms with Gasteiger partial charge in [-0.3, -0.25) is 14.6 Å². The van der Waals surface area contributed by atoms with Crippen LogP contribution in [0.3, 0.4) is 0 Å². The molecule has 3 aromatic rings. The minimum atomic E-state index is -0.271. The number of rotatable bonds is 4. The molecule has 0 aliphatic carbocycles. The number of H-pyrrole nitrogens is 1. The van der Waals surface area contributed by atoms with Crippen LogP contribution < -0.4 is 10.9 Å². The number of carbonyl (C=O) groups is 1. The number of hydrogen-bond donors (Lipinski definition) is 2. The number of anilines is 1. The Kier molecular flexibility index (Phi) is 4.47. The first-order valence-corrected chi connectivity index (χ1v) is 7.91. The Bertz CT molecular complexity index is 987. The van der Waals surface area contributed by atoms with Crippen LogP contribution in [0.15, 0.2) is 41.2 Å². The summed E-state index contributed by atoms with van der Waals surface area (Å²) in [5.41, 5.74) is 3.04. The van der Waals surface area contributed by atoms with Crippen LogP contribution in [0.5, 0.6) is 0 Å². The molecule has 7 nitrogen and oxygen atoms in total. The van der Waals surface area contributed by atoms with Crippen molar-refractivity contribution in [2.24, 2.45) is 0 Å². The number of hydrogen-bond acceptors (Lipinski definition) is 4. The lowest BCUT2D eigenvalue weighted by atomic mass is 10.1. The molecule has 0 saturated heterocycles. The van der Waals surface area contributed by atoms with Crippen LogP contribution in [0, 0.1) is 20.8 Å². The summed E-state index contributed by atoms with van der Waals surface area (Å²) in [7, 11) is 0. The molecule has 3 rings (SSSR count). The van der Waals surface area contributed by atoms with E-state index in [4.69, 9.17) is 0 Å². The Morgan fingerprint density at radius 2 is 1.96 bits per heavy atom. The molecule has 0 aliphatic rings. The van der Waals surface area contributed by atoms with Crippen molar-refractivity contribution in [1.82, 2.24) is 19.7 Å². The number of amides is 1. The SMILES string of the molecule is Cc1cccc(CC(=O)Nc2cc(C)nn2-c2nc(C)cc(=O)[nH]2)c1. The molecule has 0 spiro atoms. The van der Waals surface area contributed by atoms with E-state index in [0.29, 0.717) is 17.2 Å². The first-order valence-electron chi connectivity index (χ1n) is 7.91. The molecular formula is C18H19N5O2. The first-order chi connectivity index (χ1) is 11.9. The van der Waals surface area contributed by atoms with Crippen molar-refractivity contribution in [3.05, 3.63) is 69.3 Å². The molecule has 2 heterocycles. The van der Waals surface area contributed by atoms with Gasteiger partial charge in [-0.15, -0.1) is 0 Å². The Morgan fingerprint density at radius 1 is 1.16 bits per heavy atom. The van der Waals surface area contributed by atoms with Crippen LogP contribution in [-0.2, 0) is 11.2 Å². The molecule has 2 aromatic heterocycles. The summed E-state index contributed by atoms with van der Waals surface area (Å²) >= 11 is 0. The van der Waals surface area contributed by atoms with Crippen LogP contribution in [0.4, 0.5) is 5.82 Å². The van der Waals surface area contributed by atoms with Crippen molar-refractivity contribution in [2.75, 3.05) is 5.32 Å². The lowest BCUT2D eigenvalue weighted by Crippen LogP contribution is -2.20. The van der Waals surface area contributed by atoms with Gasteiger partial charge in [0.1, 0.15) is 5.82 Å². The van der Waals surface area contributed by atoms with E-state index in [0.717, 1.165) is 11.1 Å². The standard InChI is InChI=1S/C18H19N5O2/c1-11-5-4-6-14(7-11)10-17(25)20-15-8-13(3)22-23(15)18-19-12(2)9-16(24)21-18/h4-9H,10H2,1-3H3,(H,20,25)(H,19,21,24). The summed E-state index contributed by atoms with van der Waals surface area (Å²) in [6.45, 7) is 5.52. The van der Waals surface area contributed by atoms with E-state index in [1.165, 1.54) is 10.7 Å². The van der Waals surface area contributed by atoms with Gasteiger partial charge < -0.3 is 5.32 Å². The summed E-state index contributed by atoms with van der Waals surface area (Å²) in [4.78, 5) is 31.0. The van der Waals surface area contributed by atoms with Crippen molar-refractivity contribution in [3.63, 3.8) is 0 Å². The van der Waals surface area contributed by atoms with E-state index in [1.54, 1.807) is 19.9 Å². The van der Waals surface area contributed by atoms with Crippen molar-refractivity contribution in [1.29, 1.82) is 0 Å². The maximum absolute atomic E-state index is 12.4. The minimum Gasteiger partial charge on any atom is -0.310 e. The van der Waals surface area contributed by atoms with Gasteiger partial charge in [0.25, 0.3) is 5.56 Å². The normalized spacial score (nSPS) is 10.7. The highest BCUT2D eigenvalue weighted by atomic mass is 16.1. The topological polar surface area (TPSA) is 92.7 Å². The molecule has 0 atom stereocenters. The first kappa shape index (κ1) is 16.6. The van der Waals surface area contributed by atoms with Gasteiger partial charge >= 0.3 is 0 Å². The average molecular weight is 337 g/mol. The molecule has 0 unspecified atom stereocenters. The molecule has 1 amide bonds. The number of nitrogens with one attached hydrogen (secondary N) is 2. The molecule has 0 bridgehead atoms. The molecule has 0 aliphatic heterocycles. The van der Waals surface area contributed by atoms with E-state index in [9.17, 15) is 9.59 Å². The minimum absolute atomic E-state index is 0.165. The second-order valence-electron chi connectivity index (χ2n) is 6.01. The zero-order valence-electron chi connectivity index (χ0n) is 14.3. The highest BCUT2D eigenvalue weighted by Crippen LogP contribution is 2.15. The molecule has 1 aromatic carbocycles. The number of aromatic amines is 1. The van der Waals surface area contributed by atoms with Crippen molar-refractivity contribution in [2.45, 2.75) is 27.2 Å². The van der Waals surface area contributed by atoms with E-state index >= 15 is 0 Å². The fourth-order valence-corrected chi connectivity index (χ4v) is 2.61. The number of carbonyl (C=O) groups excluding carboxylic acids is 1. The predicted molar refractivity (Wildman–Crippen MR) is 95.0 cm³/mol. The van der Waals surface area contributed by atoms with Gasteiger partial charge in [0.05, 0.1) is 12.1 Å². The van der Waals surface area contributed by atoms with Crippen LogP contribution in [0.2, 0.25) is 0 Å². The predicted octanol–water partition coefficient (Wildman–Crippen LogP) is 2.06. The fourth-order valence-electron chi connectivity index (χ4n) is 2.61. The maximum Gasteiger partial charge on any atom is 0.252 e. The van der Waals surface area contributed by atoms with Crippen molar-refractivity contribution >= 4 is 11.7 Å². The molecule has 25 heavy (non-hydrogen) atoms. The summed E-state index contributed by atoms with van der Waals surface area (Å²) in [6, 6.07) is 10.9. The van der Waals surface area contributed by atoms with Crippen LogP contribution in [-0.4, -0.2) is 25.7 Å². The van der Waals surface area contributed by atoms with Gasteiger partial charge in [-0.25, -0.2) is 4.98 Å². The van der Waals surface area contributed by atoms with Gasteiger partial charge in [0.15, 0.2) is 0 Å². The van der Waals surface area contributed by atoms with E-state index in [2.05, 4.69) is 20.4 Å². The Labute approximate surface area is 144 Å². The number of benzene rings is 1. The highest BCUT2D eigenvalue weighted by Gasteiger charge is 2.13. The number of nitrogens with zero attached hydrogens (tertiary/aromatic N) is 3. The largest absolute Gasteiger partial charge is 0.310 e. The van der Waals surface area contributed by atoms with E-state index in [-0.39, 0.29) is 23.8 Å². The summed E-state index contributed by atoms with van der Waals surface area (Å²) in [5, 5.41) is 7.14. The zero-order valence-corrected chi connectivity index (χ0v) is 14.3. The maximum atomic E-state index is 12.4. The lowest BCUT2D eigenvalue weighted by molar-refractivity contribution is -0.115. The summed E-state index contributed by atoms with van der Waals surface area (Å²) in [5.74, 6) is 0.564. The van der Waals surface area contributed by atoms with Crippen LogP contribution in [0.25, 0.3) is 5.95 Å². The highest BCUT2D eigenvalue weighted by molar-refractivity contribution is 5.91. The summed E-state index contributed by atoms with van der Waals surface area (Å²) in [6.07, 6.45) is 0.254. The molecule has 0 saturated carbocycles. The Hall–Kier alpha value is -3.22. The second-order valence-corrected chi connectivity index (χ2v) is 6.01. The molecule has 2 N–H and O–H groups in total. The average Bonchev–Trinajstić information content (AvgIpc) is 2.86. The lowest BCUT2D eigenvalue weighted by Gasteiger charge is -2.08. The van der Waals surface area contributed by atoms with Crippen molar-refractivity contribution < 1.29 is 4.79 Å². The Morgan fingerprint density at radius 3 is 2.68 bits per heavy atom. The van der Waals surface area contributed by atoms with E-state index in [1.807, 2.05) is 31.2 Å². The molecular weight excluding hydrogens is 318 g/mol. The van der Waals surface area contributed by atoms with Gasteiger partial charge in [-0.2, -0.15) is 9.78 Å². The summed E-state index contributed by atoms with van der Waals surface area (Å²) < 4.78 is 1.43. The third kappa shape index (κ3) is 4.00. The quantitative estimate of drug-likeness (QED) is 0.762. The van der Waals surface area contributed by atoms with Crippen molar-refractivity contribution in [3.8, 4) is 5.95 Å². The number of aryl methyl sites for hydroxylation is 3. The number of aromatic nitrogens is 4. The van der Waals surface area contributed by atoms with Crippen LogP contribution >= 0.6 is 0 Å². The monoisotopic (exact) mass is 337 g/mol. The fraction of sp³-hybridized carbons (Fsp3) is 0.222. The second kappa shape index (κ2) is 6.72. The molecule has 7 heteroatoms. The molecule has 0 fully saturated rings. The smallest absolute Gasteiger partial charge is 0.252 e. The van der Waals surface area contributed by atoms with Crippen LogP contribution in [0.1, 0.15) is 22.5 Å². The molecule has 128 valence electrons. The molecule has 0 radical (unpaired) electrons. The van der Waals surface area contributed by atoms with Gasteiger partial charge in [-0.05, 0) is 26.3 Å². The van der Waals surface area contributed by atoms with E-state index < -0.39 is 0 Å². The Balaban J connectivity index is 1.86. The third-order valence-corrected chi connectivity index (χ3v) is 3.60. The zero-order chi connectivity index (χ0) is 18.0.